The molecule has 5 heteroatoms. The minimum absolute atomic E-state index is 0.182. The first kappa shape index (κ1) is 16.8. The molecule has 3 aromatic rings. The molecule has 1 amide bonds. The van der Waals surface area contributed by atoms with Gasteiger partial charge >= 0.3 is 0 Å². The average molecular weight is 336 g/mol. The number of fused-ring (bicyclic) bond motifs is 1. The first-order valence-corrected chi connectivity index (χ1v) is 8.12. The first-order chi connectivity index (χ1) is 12.0. The number of ether oxygens (including phenoxy) is 1. The second kappa shape index (κ2) is 6.81. The Morgan fingerprint density at radius 3 is 2.72 bits per heavy atom. The van der Waals surface area contributed by atoms with Crippen LogP contribution in [-0.2, 0) is 0 Å². The van der Waals surface area contributed by atoms with E-state index < -0.39 is 0 Å². The summed E-state index contributed by atoms with van der Waals surface area (Å²) >= 11 is 0. The van der Waals surface area contributed by atoms with Gasteiger partial charge in [-0.1, -0.05) is 29.8 Å². The summed E-state index contributed by atoms with van der Waals surface area (Å²) in [5, 5.41) is 11.6. The van der Waals surface area contributed by atoms with Crippen molar-refractivity contribution < 1.29 is 13.9 Å². The van der Waals surface area contributed by atoms with Gasteiger partial charge in [0.1, 0.15) is 5.56 Å². The third-order valence-corrected chi connectivity index (χ3v) is 3.93. The highest BCUT2D eigenvalue weighted by atomic mass is 16.5. The molecular formula is C20H20N2O3. The van der Waals surface area contributed by atoms with Crippen molar-refractivity contribution in [3.05, 3.63) is 64.7 Å². The summed E-state index contributed by atoms with van der Waals surface area (Å²) in [5.74, 6) is 0.194. The summed E-state index contributed by atoms with van der Waals surface area (Å²) in [6, 6.07) is 12.9. The smallest absolute Gasteiger partial charge is 0.261 e. The minimum atomic E-state index is -0.371. The Kier molecular flexibility index (Phi) is 4.57. The van der Waals surface area contributed by atoms with Gasteiger partial charge in [-0.2, -0.15) is 0 Å². The number of rotatable bonds is 4. The van der Waals surface area contributed by atoms with E-state index in [0.29, 0.717) is 23.3 Å². The van der Waals surface area contributed by atoms with Crippen LogP contribution in [0.25, 0.3) is 11.0 Å². The minimum Gasteiger partial charge on any atom is -0.490 e. The maximum atomic E-state index is 12.6. The molecule has 0 atom stereocenters. The monoisotopic (exact) mass is 336 g/mol. The van der Waals surface area contributed by atoms with Crippen LogP contribution in [0.4, 0.5) is 5.69 Å². The van der Waals surface area contributed by atoms with Gasteiger partial charge in [0.05, 0.1) is 6.61 Å². The number of para-hydroxylation sites is 1. The molecule has 0 unspecified atom stereocenters. The fraction of sp³-hybridized carbons (Fsp3) is 0.200. The summed E-state index contributed by atoms with van der Waals surface area (Å²) in [6.07, 6.45) is 0. The largest absolute Gasteiger partial charge is 0.490 e. The van der Waals surface area contributed by atoms with Crippen molar-refractivity contribution in [1.29, 1.82) is 5.41 Å². The molecule has 0 aliphatic heterocycles. The van der Waals surface area contributed by atoms with Crippen molar-refractivity contribution in [3.8, 4) is 5.75 Å². The van der Waals surface area contributed by atoms with E-state index >= 15 is 0 Å². The fourth-order valence-electron chi connectivity index (χ4n) is 2.72. The number of amides is 1. The number of hydrogen-bond acceptors (Lipinski definition) is 4. The number of hydrogen-bond donors (Lipinski definition) is 2. The standard InChI is InChI=1S/C20H20N2O3/c1-4-24-17-7-5-6-14-11-15(19(21)25-18(14)17)20(23)22-16-9-8-12(2)10-13(16)3/h5-11,21H,4H2,1-3H3,(H,22,23). The molecule has 1 heterocycles. The Hall–Kier alpha value is -3.08. The van der Waals surface area contributed by atoms with E-state index in [9.17, 15) is 4.79 Å². The molecule has 0 aliphatic rings. The van der Waals surface area contributed by atoms with Gasteiger partial charge in [-0.25, -0.2) is 0 Å². The Labute approximate surface area is 145 Å². The lowest BCUT2D eigenvalue weighted by atomic mass is 10.1. The van der Waals surface area contributed by atoms with Gasteiger partial charge in [0.25, 0.3) is 5.91 Å². The molecule has 2 N–H and O–H groups in total. The van der Waals surface area contributed by atoms with Crippen LogP contribution in [0.3, 0.4) is 0 Å². The van der Waals surface area contributed by atoms with E-state index in [2.05, 4.69) is 5.32 Å². The van der Waals surface area contributed by atoms with E-state index in [1.54, 1.807) is 12.1 Å². The second-order valence-corrected chi connectivity index (χ2v) is 5.87. The number of aryl methyl sites for hydroxylation is 2. The highest BCUT2D eigenvalue weighted by Crippen LogP contribution is 2.25. The molecule has 3 rings (SSSR count). The molecule has 0 bridgehead atoms. The average Bonchev–Trinajstić information content (AvgIpc) is 2.57. The van der Waals surface area contributed by atoms with E-state index in [1.165, 1.54) is 0 Å². The molecule has 5 nitrogen and oxygen atoms in total. The lowest BCUT2D eigenvalue weighted by molar-refractivity contribution is 0.102. The van der Waals surface area contributed by atoms with Gasteiger partial charge in [-0.3, -0.25) is 10.2 Å². The lowest BCUT2D eigenvalue weighted by Gasteiger charge is -2.10. The number of nitrogens with one attached hydrogen (secondary N) is 2. The highest BCUT2D eigenvalue weighted by Gasteiger charge is 2.14. The number of carbonyl (C=O) groups is 1. The van der Waals surface area contributed by atoms with Gasteiger partial charge in [0.15, 0.2) is 11.3 Å². The maximum Gasteiger partial charge on any atom is 0.261 e. The van der Waals surface area contributed by atoms with Crippen LogP contribution in [0.1, 0.15) is 28.4 Å². The molecule has 0 radical (unpaired) electrons. The van der Waals surface area contributed by atoms with Crippen LogP contribution in [0.5, 0.6) is 5.75 Å². The molecule has 0 saturated carbocycles. The molecule has 1 aromatic heterocycles. The van der Waals surface area contributed by atoms with Crippen LogP contribution >= 0.6 is 0 Å². The summed E-state index contributed by atoms with van der Waals surface area (Å²) in [7, 11) is 0. The lowest BCUT2D eigenvalue weighted by Crippen LogP contribution is -2.21. The molecule has 0 aliphatic carbocycles. The van der Waals surface area contributed by atoms with Crippen molar-refractivity contribution in [2.75, 3.05) is 11.9 Å². The fourth-order valence-corrected chi connectivity index (χ4v) is 2.72. The van der Waals surface area contributed by atoms with Crippen molar-refractivity contribution in [2.24, 2.45) is 0 Å². The molecule has 128 valence electrons. The first-order valence-electron chi connectivity index (χ1n) is 8.12. The topological polar surface area (TPSA) is 75.3 Å². The van der Waals surface area contributed by atoms with Crippen LogP contribution < -0.4 is 15.6 Å². The van der Waals surface area contributed by atoms with Gasteiger partial charge in [0.2, 0.25) is 5.55 Å². The van der Waals surface area contributed by atoms with E-state index in [4.69, 9.17) is 14.6 Å². The quantitative estimate of drug-likeness (QED) is 0.750. The number of anilines is 1. The van der Waals surface area contributed by atoms with E-state index in [-0.39, 0.29) is 17.0 Å². The zero-order valence-corrected chi connectivity index (χ0v) is 14.5. The molecule has 0 spiro atoms. The third kappa shape index (κ3) is 3.40. The van der Waals surface area contributed by atoms with Crippen LogP contribution in [-0.4, -0.2) is 12.5 Å². The summed E-state index contributed by atoms with van der Waals surface area (Å²) in [4.78, 5) is 12.6. The van der Waals surface area contributed by atoms with Gasteiger partial charge < -0.3 is 14.5 Å². The van der Waals surface area contributed by atoms with E-state index in [1.807, 2.05) is 51.1 Å². The molecule has 2 aromatic carbocycles. The molecule has 0 fully saturated rings. The Morgan fingerprint density at radius 1 is 1.20 bits per heavy atom. The van der Waals surface area contributed by atoms with Crippen molar-refractivity contribution >= 4 is 22.6 Å². The van der Waals surface area contributed by atoms with Crippen LogP contribution in [0.15, 0.2) is 46.9 Å². The normalized spacial score (nSPS) is 10.7. The predicted octanol–water partition coefficient (Wildman–Crippen LogP) is 4.18. The highest BCUT2D eigenvalue weighted by molar-refractivity contribution is 6.05. The Morgan fingerprint density at radius 2 is 2.00 bits per heavy atom. The molecular weight excluding hydrogens is 316 g/mol. The van der Waals surface area contributed by atoms with Crippen molar-refractivity contribution in [2.45, 2.75) is 20.8 Å². The molecule has 25 heavy (non-hydrogen) atoms. The van der Waals surface area contributed by atoms with Gasteiger partial charge in [0, 0.05) is 11.1 Å². The van der Waals surface area contributed by atoms with Gasteiger partial charge in [-0.05, 0) is 44.5 Å². The van der Waals surface area contributed by atoms with Crippen LogP contribution in [0.2, 0.25) is 0 Å². The Bertz CT molecular complexity index is 1010. The van der Waals surface area contributed by atoms with Crippen molar-refractivity contribution in [3.63, 3.8) is 0 Å². The second-order valence-electron chi connectivity index (χ2n) is 5.87. The Balaban J connectivity index is 1.99. The van der Waals surface area contributed by atoms with Crippen LogP contribution in [0, 0.1) is 19.3 Å². The summed E-state index contributed by atoms with van der Waals surface area (Å²) < 4.78 is 11.1. The number of carbonyl (C=O) groups excluding carboxylic acids is 1. The number of benzene rings is 2. The van der Waals surface area contributed by atoms with Gasteiger partial charge in [-0.15, -0.1) is 0 Å². The zero-order valence-electron chi connectivity index (χ0n) is 14.5. The summed E-state index contributed by atoms with van der Waals surface area (Å²) in [6.45, 7) is 6.31. The summed E-state index contributed by atoms with van der Waals surface area (Å²) in [5.41, 5.74) is 3.27. The van der Waals surface area contributed by atoms with Crippen molar-refractivity contribution in [1.82, 2.24) is 0 Å². The predicted molar refractivity (Wildman–Crippen MR) is 97.1 cm³/mol. The zero-order chi connectivity index (χ0) is 18.0. The molecule has 0 saturated heterocycles. The maximum absolute atomic E-state index is 12.6. The van der Waals surface area contributed by atoms with E-state index in [0.717, 1.165) is 16.8 Å². The third-order valence-electron chi connectivity index (χ3n) is 3.93. The SMILES string of the molecule is CCOc1cccc2cc(C(=O)Nc3ccc(C)cc3C)c(=N)oc12.